The van der Waals surface area contributed by atoms with Gasteiger partial charge in [-0.2, -0.15) is 5.26 Å². The Kier molecular flexibility index (Phi) is 5.91. The largest absolute Gasteiger partial charge is 0.494 e. The van der Waals surface area contributed by atoms with Gasteiger partial charge in [-0.25, -0.2) is 0 Å². The molecule has 0 unspecified atom stereocenters. The van der Waals surface area contributed by atoms with E-state index in [-0.39, 0.29) is 0 Å². The van der Waals surface area contributed by atoms with Crippen LogP contribution in [0, 0.1) is 11.3 Å². The van der Waals surface area contributed by atoms with Crippen molar-refractivity contribution in [3.8, 4) is 11.8 Å². The number of nitriles is 1. The molecule has 1 aromatic carbocycles. The van der Waals surface area contributed by atoms with E-state index in [0.717, 1.165) is 28.6 Å². The lowest BCUT2D eigenvalue weighted by Crippen LogP contribution is -2.04. The van der Waals surface area contributed by atoms with Gasteiger partial charge < -0.3 is 10.5 Å². The fourth-order valence-electron chi connectivity index (χ4n) is 1.33. The lowest BCUT2D eigenvalue weighted by Gasteiger charge is -2.08. The summed E-state index contributed by atoms with van der Waals surface area (Å²) < 4.78 is 6.60. The van der Waals surface area contributed by atoms with Crippen LogP contribution in [0.1, 0.15) is 18.4 Å². The Bertz CT molecular complexity index is 374. The maximum Gasteiger partial charge on any atom is 0.119 e. The van der Waals surface area contributed by atoms with Crippen molar-refractivity contribution in [1.82, 2.24) is 0 Å². The van der Waals surface area contributed by atoms with Crippen LogP contribution in [0.3, 0.4) is 0 Å². The molecule has 0 saturated heterocycles. The average Bonchev–Trinajstić information content (AvgIpc) is 2.29. The van der Waals surface area contributed by atoms with Crippen LogP contribution in [0.25, 0.3) is 0 Å². The van der Waals surface area contributed by atoms with Crippen LogP contribution in [0.2, 0.25) is 0 Å². The number of benzene rings is 1. The summed E-state index contributed by atoms with van der Waals surface area (Å²) in [5.41, 5.74) is 6.67. The molecular formula is C12H15BrN2O. The number of rotatable bonds is 6. The molecule has 0 bridgehead atoms. The van der Waals surface area contributed by atoms with Crippen LogP contribution >= 0.6 is 15.9 Å². The van der Waals surface area contributed by atoms with Crippen LogP contribution in [-0.2, 0) is 6.42 Å². The van der Waals surface area contributed by atoms with E-state index < -0.39 is 0 Å². The number of hydrogen-bond donors (Lipinski definition) is 1. The van der Waals surface area contributed by atoms with Gasteiger partial charge in [0.05, 0.1) is 12.7 Å². The summed E-state index contributed by atoms with van der Waals surface area (Å²) in [6.45, 7) is 1.20. The molecule has 0 heterocycles. The van der Waals surface area contributed by atoms with E-state index >= 15 is 0 Å². The van der Waals surface area contributed by atoms with E-state index in [0.29, 0.717) is 19.6 Å². The Morgan fingerprint density at radius 2 is 2.25 bits per heavy atom. The van der Waals surface area contributed by atoms with Crippen LogP contribution < -0.4 is 10.5 Å². The molecule has 1 aromatic rings. The molecular weight excluding hydrogens is 268 g/mol. The minimum absolute atomic E-state index is 0.534. The van der Waals surface area contributed by atoms with Crippen molar-refractivity contribution in [2.24, 2.45) is 5.73 Å². The van der Waals surface area contributed by atoms with Gasteiger partial charge in [-0.05, 0) is 43.1 Å². The highest BCUT2D eigenvalue weighted by Gasteiger charge is 2.01. The van der Waals surface area contributed by atoms with E-state index in [1.807, 2.05) is 18.2 Å². The van der Waals surface area contributed by atoms with Gasteiger partial charge in [-0.3, -0.25) is 0 Å². The molecule has 0 fully saturated rings. The summed E-state index contributed by atoms with van der Waals surface area (Å²) in [5.74, 6) is 0.838. The smallest absolute Gasteiger partial charge is 0.119 e. The van der Waals surface area contributed by atoms with Crippen molar-refractivity contribution < 1.29 is 4.74 Å². The Hall–Kier alpha value is -1.05. The number of hydrogen-bond acceptors (Lipinski definition) is 3. The molecule has 0 atom stereocenters. The van der Waals surface area contributed by atoms with E-state index in [9.17, 15) is 0 Å². The zero-order valence-electron chi connectivity index (χ0n) is 9.08. The maximum absolute atomic E-state index is 8.39. The monoisotopic (exact) mass is 282 g/mol. The highest BCUT2D eigenvalue weighted by Crippen LogP contribution is 2.23. The van der Waals surface area contributed by atoms with Gasteiger partial charge in [0.2, 0.25) is 0 Å². The number of halogens is 1. The van der Waals surface area contributed by atoms with Gasteiger partial charge in [0.15, 0.2) is 0 Å². The first kappa shape index (κ1) is 13.0. The minimum Gasteiger partial charge on any atom is -0.494 e. The number of unbranched alkanes of at least 4 members (excludes halogenated alkanes) is 1. The van der Waals surface area contributed by atoms with Gasteiger partial charge in [-0.1, -0.05) is 15.9 Å². The zero-order chi connectivity index (χ0) is 11.8. The zero-order valence-corrected chi connectivity index (χ0v) is 10.7. The van der Waals surface area contributed by atoms with Crippen LogP contribution in [0.5, 0.6) is 5.75 Å². The number of ether oxygens (including phenoxy) is 1. The van der Waals surface area contributed by atoms with Gasteiger partial charge in [0, 0.05) is 10.9 Å². The first-order chi connectivity index (χ1) is 7.77. The Morgan fingerprint density at radius 1 is 1.44 bits per heavy atom. The molecule has 0 spiro atoms. The number of nitrogens with zero attached hydrogens (tertiary/aromatic N) is 1. The molecule has 4 heteroatoms. The molecule has 86 valence electrons. The molecule has 0 amide bonds. The lowest BCUT2D eigenvalue weighted by atomic mass is 10.1. The first-order valence-corrected chi connectivity index (χ1v) is 6.05. The topological polar surface area (TPSA) is 59.0 Å². The Balaban J connectivity index is 2.54. The van der Waals surface area contributed by atoms with E-state index in [2.05, 4.69) is 22.0 Å². The molecule has 2 N–H and O–H groups in total. The molecule has 16 heavy (non-hydrogen) atoms. The van der Waals surface area contributed by atoms with Gasteiger partial charge in [0.25, 0.3) is 0 Å². The average molecular weight is 283 g/mol. The summed E-state index contributed by atoms with van der Waals surface area (Å²) in [5, 5.41) is 8.39. The Morgan fingerprint density at radius 3 is 2.94 bits per heavy atom. The molecule has 0 radical (unpaired) electrons. The van der Waals surface area contributed by atoms with Crippen LogP contribution in [-0.4, -0.2) is 13.2 Å². The van der Waals surface area contributed by atoms with Gasteiger partial charge in [-0.15, -0.1) is 0 Å². The summed E-state index contributed by atoms with van der Waals surface area (Å²) in [7, 11) is 0. The highest BCUT2D eigenvalue weighted by molar-refractivity contribution is 9.10. The van der Waals surface area contributed by atoms with Crippen LogP contribution in [0.15, 0.2) is 22.7 Å². The van der Waals surface area contributed by atoms with Crippen molar-refractivity contribution in [3.05, 3.63) is 28.2 Å². The maximum atomic E-state index is 8.39. The SMILES string of the molecule is N#CCCCOc1ccc(Br)c(CCN)c1. The van der Waals surface area contributed by atoms with Gasteiger partial charge >= 0.3 is 0 Å². The third-order valence-corrected chi connectivity index (χ3v) is 2.91. The molecule has 0 aliphatic heterocycles. The van der Waals surface area contributed by atoms with E-state index in [4.69, 9.17) is 15.7 Å². The van der Waals surface area contributed by atoms with E-state index in [1.54, 1.807) is 0 Å². The quantitative estimate of drug-likeness (QED) is 0.816. The fourth-order valence-corrected chi connectivity index (χ4v) is 1.77. The van der Waals surface area contributed by atoms with Crippen molar-refractivity contribution in [2.75, 3.05) is 13.2 Å². The predicted octanol–water partition coefficient (Wildman–Crippen LogP) is 2.63. The lowest BCUT2D eigenvalue weighted by molar-refractivity contribution is 0.312. The molecule has 1 rings (SSSR count). The Labute approximate surface area is 104 Å². The standard InChI is InChI=1S/C12H15BrN2O/c13-12-4-3-11(9-10(12)5-7-15)16-8-2-1-6-14/h3-4,9H,1-2,5,7-8,15H2. The molecule has 0 aliphatic rings. The van der Waals surface area contributed by atoms with Crippen molar-refractivity contribution in [2.45, 2.75) is 19.3 Å². The summed E-state index contributed by atoms with van der Waals surface area (Å²) in [4.78, 5) is 0. The third-order valence-electron chi connectivity index (χ3n) is 2.13. The normalized spacial score (nSPS) is 9.81. The highest BCUT2D eigenvalue weighted by atomic mass is 79.9. The summed E-state index contributed by atoms with van der Waals surface area (Å²) in [6, 6.07) is 7.96. The van der Waals surface area contributed by atoms with E-state index in [1.165, 1.54) is 0 Å². The molecule has 0 saturated carbocycles. The second kappa shape index (κ2) is 7.26. The van der Waals surface area contributed by atoms with Crippen LogP contribution in [0.4, 0.5) is 0 Å². The third kappa shape index (κ3) is 4.21. The van der Waals surface area contributed by atoms with Crippen molar-refractivity contribution >= 4 is 15.9 Å². The summed E-state index contributed by atoms with van der Waals surface area (Å²) >= 11 is 3.47. The minimum atomic E-state index is 0.534. The molecule has 3 nitrogen and oxygen atoms in total. The fraction of sp³-hybridized carbons (Fsp3) is 0.417. The summed E-state index contributed by atoms with van der Waals surface area (Å²) in [6.07, 6.45) is 2.13. The van der Waals surface area contributed by atoms with Crippen molar-refractivity contribution in [3.63, 3.8) is 0 Å². The number of nitrogens with two attached hydrogens (primary N) is 1. The van der Waals surface area contributed by atoms with Gasteiger partial charge in [0.1, 0.15) is 5.75 Å². The molecule has 0 aliphatic carbocycles. The molecule has 0 aromatic heterocycles. The second-order valence-corrected chi connectivity index (χ2v) is 4.26. The second-order valence-electron chi connectivity index (χ2n) is 3.40. The van der Waals surface area contributed by atoms with Crippen molar-refractivity contribution in [1.29, 1.82) is 5.26 Å². The predicted molar refractivity (Wildman–Crippen MR) is 67.2 cm³/mol. The first-order valence-electron chi connectivity index (χ1n) is 5.26.